The Bertz CT molecular complexity index is 598. The van der Waals surface area contributed by atoms with Crippen LogP contribution in [0.1, 0.15) is 76.7 Å². The molecule has 6 nitrogen and oxygen atoms in total. The number of aliphatic imine (C=N–C) groups is 1. The monoisotopic (exact) mass is 382 g/mol. The molecule has 2 N–H and O–H groups in total. The van der Waals surface area contributed by atoms with Crippen LogP contribution in [-0.2, 0) is 17.3 Å². The number of guanidine groups is 1. The van der Waals surface area contributed by atoms with Crippen molar-refractivity contribution in [2.45, 2.75) is 83.1 Å². The van der Waals surface area contributed by atoms with Crippen LogP contribution in [0.5, 0.6) is 0 Å². The highest BCUT2D eigenvalue weighted by molar-refractivity contribution is 7.85. The average Bonchev–Trinajstić information content (AvgIpc) is 3.14. The van der Waals surface area contributed by atoms with Crippen molar-refractivity contribution in [3.05, 3.63) is 17.5 Å². The van der Waals surface area contributed by atoms with Gasteiger partial charge >= 0.3 is 0 Å². The number of hydrogen-bond donors (Lipinski definition) is 2. The van der Waals surface area contributed by atoms with E-state index in [4.69, 9.17) is 4.52 Å². The van der Waals surface area contributed by atoms with E-state index in [2.05, 4.69) is 34.6 Å². The third kappa shape index (κ3) is 5.83. The first-order valence-electron chi connectivity index (χ1n) is 9.90. The molecule has 1 heterocycles. The van der Waals surface area contributed by atoms with Crippen LogP contribution < -0.4 is 10.6 Å². The Hall–Kier alpha value is -1.37. The molecule has 0 amide bonds. The van der Waals surface area contributed by atoms with Crippen LogP contribution in [0.2, 0.25) is 0 Å². The maximum Gasteiger partial charge on any atom is 0.191 e. The summed E-state index contributed by atoms with van der Waals surface area (Å²) in [4.78, 5) is 4.32. The Labute approximate surface area is 160 Å². The predicted octanol–water partition coefficient (Wildman–Crippen LogP) is 3.32. The van der Waals surface area contributed by atoms with Crippen LogP contribution in [0.4, 0.5) is 0 Å². The first-order valence-corrected chi connectivity index (χ1v) is 11.3. The van der Waals surface area contributed by atoms with Crippen molar-refractivity contribution in [3.8, 4) is 0 Å². The van der Waals surface area contributed by atoms with Gasteiger partial charge in [-0.15, -0.1) is 0 Å². The van der Waals surface area contributed by atoms with E-state index in [1.54, 1.807) is 7.05 Å². The Kier molecular flexibility index (Phi) is 8.62. The first-order chi connectivity index (χ1) is 12.6. The van der Waals surface area contributed by atoms with E-state index in [-0.39, 0.29) is 0 Å². The van der Waals surface area contributed by atoms with E-state index >= 15 is 0 Å². The van der Waals surface area contributed by atoms with Gasteiger partial charge in [0.2, 0.25) is 0 Å². The van der Waals surface area contributed by atoms with Crippen molar-refractivity contribution in [2.24, 2.45) is 4.99 Å². The molecule has 0 aliphatic heterocycles. The van der Waals surface area contributed by atoms with Gasteiger partial charge in [0.05, 0.1) is 12.2 Å². The molecule has 1 aromatic heterocycles. The molecule has 1 fully saturated rings. The SMILES string of the molecule is CCC(CC)c1cc(CNC(=NC)NC2CCCC(S(=O)CC)C2)on1. The fourth-order valence-electron chi connectivity index (χ4n) is 3.62. The van der Waals surface area contributed by atoms with Crippen LogP contribution >= 0.6 is 0 Å². The molecule has 0 aromatic carbocycles. The summed E-state index contributed by atoms with van der Waals surface area (Å²) in [5.74, 6) is 2.79. The first kappa shape index (κ1) is 20.9. The summed E-state index contributed by atoms with van der Waals surface area (Å²) in [6.45, 7) is 6.91. The second-order valence-electron chi connectivity index (χ2n) is 6.96. The second-order valence-corrected chi connectivity index (χ2v) is 8.96. The topological polar surface area (TPSA) is 79.5 Å². The van der Waals surface area contributed by atoms with Gasteiger partial charge in [-0.05, 0) is 32.1 Å². The lowest BCUT2D eigenvalue weighted by molar-refractivity contribution is 0.366. The summed E-state index contributed by atoms with van der Waals surface area (Å²) in [7, 11) is 1.06. The molecule has 1 aliphatic rings. The summed E-state index contributed by atoms with van der Waals surface area (Å²) < 4.78 is 17.6. The smallest absolute Gasteiger partial charge is 0.191 e. The Balaban J connectivity index is 1.85. The van der Waals surface area contributed by atoms with Gasteiger partial charge in [-0.25, -0.2) is 0 Å². The van der Waals surface area contributed by atoms with Crippen molar-refractivity contribution < 1.29 is 8.73 Å². The number of nitrogens with one attached hydrogen (secondary N) is 2. The van der Waals surface area contributed by atoms with Crippen LogP contribution in [0, 0.1) is 0 Å². The molecule has 7 heteroatoms. The van der Waals surface area contributed by atoms with Crippen LogP contribution in [0.3, 0.4) is 0 Å². The minimum Gasteiger partial charge on any atom is -0.359 e. The second kappa shape index (κ2) is 10.7. The fraction of sp³-hybridized carbons (Fsp3) is 0.789. The zero-order chi connectivity index (χ0) is 18.9. The van der Waals surface area contributed by atoms with Crippen molar-refractivity contribution in [2.75, 3.05) is 12.8 Å². The van der Waals surface area contributed by atoms with E-state index in [1.807, 2.05) is 13.0 Å². The molecular formula is C19H34N4O2S. The normalized spacial score (nSPS) is 22.4. The van der Waals surface area contributed by atoms with E-state index in [0.717, 1.165) is 61.7 Å². The Morgan fingerprint density at radius 1 is 1.38 bits per heavy atom. The average molecular weight is 383 g/mol. The molecule has 0 saturated heterocycles. The van der Waals surface area contributed by atoms with Crippen molar-refractivity contribution in [1.29, 1.82) is 0 Å². The Morgan fingerprint density at radius 2 is 2.15 bits per heavy atom. The van der Waals surface area contributed by atoms with E-state index < -0.39 is 10.8 Å². The number of hydrogen-bond acceptors (Lipinski definition) is 4. The van der Waals surface area contributed by atoms with Crippen LogP contribution in [0.15, 0.2) is 15.6 Å². The van der Waals surface area contributed by atoms with Gasteiger partial charge in [0.1, 0.15) is 0 Å². The van der Waals surface area contributed by atoms with Gasteiger partial charge in [-0.3, -0.25) is 9.20 Å². The summed E-state index contributed by atoms with van der Waals surface area (Å²) in [5.41, 5.74) is 1.03. The highest BCUT2D eigenvalue weighted by Crippen LogP contribution is 2.23. The summed E-state index contributed by atoms with van der Waals surface area (Å²) in [5, 5.41) is 11.3. The van der Waals surface area contributed by atoms with Gasteiger partial charge < -0.3 is 15.2 Å². The number of nitrogens with zero attached hydrogens (tertiary/aromatic N) is 2. The van der Waals surface area contributed by atoms with Crippen LogP contribution in [-0.4, -0.2) is 39.4 Å². The highest BCUT2D eigenvalue weighted by Gasteiger charge is 2.26. The molecule has 26 heavy (non-hydrogen) atoms. The van der Waals surface area contributed by atoms with Crippen LogP contribution in [0.25, 0.3) is 0 Å². The fourth-order valence-corrected chi connectivity index (χ4v) is 4.97. The molecule has 2 rings (SSSR count). The molecule has 1 aromatic rings. The van der Waals surface area contributed by atoms with Crippen molar-refractivity contribution in [1.82, 2.24) is 15.8 Å². The largest absolute Gasteiger partial charge is 0.359 e. The minimum absolute atomic E-state index is 0.307. The van der Waals surface area contributed by atoms with Gasteiger partial charge in [-0.2, -0.15) is 0 Å². The summed E-state index contributed by atoms with van der Waals surface area (Å²) >= 11 is 0. The molecule has 1 aliphatic carbocycles. The minimum atomic E-state index is -0.712. The van der Waals surface area contributed by atoms with Gasteiger partial charge in [0, 0.05) is 46.9 Å². The molecule has 148 valence electrons. The number of aromatic nitrogens is 1. The predicted molar refractivity (Wildman–Crippen MR) is 108 cm³/mol. The maximum atomic E-state index is 12.1. The third-order valence-corrected chi connectivity index (χ3v) is 7.00. The third-order valence-electron chi connectivity index (χ3n) is 5.26. The standard InChI is InChI=1S/C19H34N4O2S/c1-5-14(6-2)18-12-16(25-23-18)13-21-19(20-4)22-15-9-8-10-17(11-15)26(24)7-3/h12,14-15,17H,5-11,13H2,1-4H3,(H2,20,21,22). The zero-order valence-electron chi connectivity index (χ0n) is 16.6. The molecule has 3 unspecified atom stereocenters. The molecule has 0 bridgehead atoms. The molecule has 0 spiro atoms. The van der Waals surface area contributed by atoms with E-state index in [9.17, 15) is 4.21 Å². The maximum absolute atomic E-state index is 12.1. The van der Waals surface area contributed by atoms with E-state index in [0.29, 0.717) is 23.8 Å². The lowest BCUT2D eigenvalue weighted by atomic mass is 9.95. The molecule has 3 atom stereocenters. The van der Waals surface area contributed by atoms with Gasteiger partial charge in [0.15, 0.2) is 11.7 Å². The summed E-state index contributed by atoms with van der Waals surface area (Å²) in [6.07, 6.45) is 6.37. The van der Waals surface area contributed by atoms with Gasteiger partial charge in [-0.1, -0.05) is 32.3 Å². The van der Waals surface area contributed by atoms with Crippen molar-refractivity contribution in [3.63, 3.8) is 0 Å². The van der Waals surface area contributed by atoms with Crippen molar-refractivity contribution >= 4 is 16.8 Å². The molecule has 1 saturated carbocycles. The summed E-state index contributed by atoms with van der Waals surface area (Å²) in [6, 6.07) is 2.37. The lowest BCUT2D eigenvalue weighted by Crippen LogP contribution is -2.46. The van der Waals surface area contributed by atoms with E-state index in [1.165, 1.54) is 0 Å². The zero-order valence-corrected chi connectivity index (χ0v) is 17.4. The molecule has 0 radical (unpaired) electrons. The quantitative estimate of drug-likeness (QED) is 0.532. The lowest BCUT2D eigenvalue weighted by Gasteiger charge is -2.30. The highest BCUT2D eigenvalue weighted by atomic mass is 32.2. The number of rotatable bonds is 8. The molecular weight excluding hydrogens is 348 g/mol. The van der Waals surface area contributed by atoms with Gasteiger partial charge in [0.25, 0.3) is 0 Å². The Morgan fingerprint density at radius 3 is 2.81 bits per heavy atom.